The number of ketones is 1. The molecule has 1 saturated carbocycles. The van der Waals surface area contributed by atoms with Gasteiger partial charge in [0.05, 0.1) is 18.5 Å². The quantitative estimate of drug-likeness (QED) is 0.220. The largest absolute Gasteiger partial charge is 0.504 e. The number of nitrogens with one attached hydrogen (secondary N) is 3. The molecule has 230 valence electrons. The predicted molar refractivity (Wildman–Crippen MR) is 172 cm³/mol. The van der Waals surface area contributed by atoms with E-state index in [4.69, 9.17) is 4.74 Å². The number of piperidine rings is 1. The van der Waals surface area contributed by atoms with Crippen LogP contribution in [-0.2, 0) is 11.8 Å². The Hall–Kier alpha value is -5.23. The number of likely N-dealkylation sites (tertiary alicyclic amines) is 1. The molecule has 2 fully saturated rings. The molecule has 4 N–H and O–H groups in total. The smallest absolute Gasteiger partial charge is 0.274 e. The number of ether oxygens (including phenoxy) is 1. The summed E-state index contributed by atoms with van der Waals surface area (Å²) in [4.78, 5) is 66.4. The highest BCUT2D eigenvalue weighted by Crippen LogP contribution is 2.67. The van der Waals surface area contributed by atoms with Crippen molar-refractivity contribution in [1.29, 1.82) is 0 Å². The van der Waals surface area contributed by atoms with Crippen molar-refractivity contribution in [3.05, 3.63) is 88.1 Å². The molecule has 3 aromatic heterocycles. The normalized spacial score (nSPS) is 20.9. The van der Waals surface area contributed by atoms with E-state index in [-0.39, 0.29) is 34.4 Å². The Balaban J connectivity index is 1.02. The minimum absolute atomic E-state index is 0.0211. The number of methoxy groups -OCH3 is 1. The highest BCUT2D eigenvalue weighted by atomic mass is 32.2. The lowest BCUT2D eigenvalue weighted by atomic mass is 9.85. The summed E-state index contributed by atoms with van der Waals surface area (Å²) in [6.07, 6.45) is 4.73. The van der Waals surface area contributed by atoms with E-state index in [0.29, 0.717) is 64.6 Å². The van der Waals surface area contributed by atoms with Crippen LogP contribution in [0.25, 0.3) is 21.8 Å². The number of thioether (sulfide) groups is 1. The number of aromatic hydroxyl groups is 1. The first-order chi connectivity index (χ1) is 22.2. The molecule has 9 rings (SSSR count). The Bertz CT molecular complexity index is 2280. The monoisotopic (exact) mass is 633 g/mol. The van der Waals surface area contributed by atoms with Crippen LogP contribution >= 0.6 is 11.8 Å². The lowest BCUT2D eigenvalue weighted by molar-refractivity contribution is 0.0806. The molecule has 5 heterocycles. The van der Waals surface area contributed by atoms with Gasteiger partial charge >= 0.3 is 0 Å². The first-order valence-electron chi connectivity index (χ1n) is 15.0. The van der Waals surface area contributed by atoms with Gasteiger partial charge in [0.15, 0.2) is 11.5 Å². The van der Waals surface area contributed by atoms with E-state index in [1.165, 1.54) is 13.2 Å². The summed E-state index contributed by atoms with van der Waals surface area (Å²) in [5.41, 5.74) is 5.85. The zero-order valence-electron chi connectivity index (χ0n) is 24.8. The number of carbonyl (C=O) groups is 4. The average Bonchev–Trinajstić information content (AvgIpc) is 3.68. The number of nitrogens with zero attached hydrogens (tertiary/aromatic N) is 2. The molecule has 1 saturated heterocycles. The van der Waals surface area contributed by atoms with E-state index in [0.717, 1.165) is 45.9 Å². The van der Waals surface area contributed by atoms with Crippen LogP contribution in [0.3, 0.4) is 0 Å². The van der Waals surface area contributed by atoms with Crippen LogP contribution in [-0.4, -0.2) is 74.1 Å². The molecule has 12 heteroatoms. The first kappa shape index (κ1) is 27.1. The van der Waals surface area contributed by atoms with Crippen molar-refractivity contribution in [2.24, 2.45) is 5.92 Å². The molecule has 0 radical (unpaired) electrons. The molecule has 1 spiro atoms. The highest BCUT2D eigenvalue weighted by Gasteiger charge is 2.68. The third-order valence-corrected chi connectivity index (χ3v) is 10.7. The molecular weight excluding hydrogens is 606 g/mol. The van der Waals surface area contributed by atoms with Gasteiger partial charge < -0.3 is 34.6 Å². The maximum absolute atomic E-state index is 14.0. The maximum Gasteiger partial charge on any atom is 0.274 e. The van der Waals surface area contributed by atoms with Gasteiger partial charge in [0.2, 0.25) is 10.9 Å². The number of anilines is 1. The Kier molecular flexibility index (Phi) is 5.40. The molecule has 46 heavy (non-hydrogen) atoms. The van der Waals surface area contributed by atoms with Crippen LogP contribution in [0, 0.1) is 5.92 Å². The lowest BCUT2D eigenvalue weighted by Gasteiger charge is -2.27. The molecular formula is C34H27N5O6S. The van der Waals surface area contributed by atoms with Crippen LogP contribution in [0.5, 0.6) is 11.5 Å². The Morgan fingerprint density at radius 1 is 0.978 bits per heavy atom. The third-order valence-electron chi connectivity index (χ3n) is 10.1. The first-order valence-corrected chi connectivity index (χ1v) is 16.2. The number of hydrogen-bond donors (Lipinski definition) is 4. The number of allylic oxidation sites excluding steroid dienone is 2. The van der Waals surface area contributed by atoms with Crippen molar-refractivity contribution >= 4 is 62.0 Å². The molecule has 2 aromatic carbocycles. The van der Waals surface area contributed by atoms with E-state index in [2.05, 4.69) is 15.0 Å². The second-order valence-electron chi connectivity index (χ2n) is 12.4. The standard InChI is InChI=1S/C34H27N5O6S/c1-45-28-11-21-15(8-26(28)40)7-22(36-21)32(43)39-14-16-13-34(16)19-10-23(37-30(19)27(41)12-29(34)39)31(42)38-6-5-17-18-9-24(33(44)46-2)35-20(18)3-4-25(17)38/h3-4,7-12,16,35-37,40H,5-6,13-14H2,1-2H3/t16-,34-/m0/s1. The van der Waals surface area contributed by atoms with Gasteiger partial charge in [-0.2, -0.15) is 0 Å². The number of hydrogen-bond acceptors (Lipinski definition) is 7. The number of rotatable bonds is 4. The number of fused-ring (bicyclic) bond motifs is 5. The average molecular weight is 634 g/mol. The Morgan fingerprint density at radius 3 is 2.57 bits per heavy atom. The minimum atomic E-state index is -0.498. The van der Waals surface area contributed by atoms with Gasteiger partial charge in [-0.15, -0.1) is 0 Å². The van der Waals surface area contributed by atoms with Gasteiger partial charge in [0, 0.05) is 63.8 Å². The number of aromatic nitrogens is 3. The van der Waals surface area contributed by atoms with Crippen LogP contribution in [0.1, 0.15) is 59.5 Å². The number of benzene rings is 2. The van der Waals surface area contributed by atoms with Gasteiger partial charge in [-0.25, -0.2) is 0 Å². The van der Waals surface area contributed by atoms with Crippen LogP contribution in [0.4, 0.5) is 5.69 Å². The van der Waals surface area contributed by atoms with Crippen LogP contribution in [0.2, 0.25) is 0 Å². The number of H-pyrrole nitrogens is 3. The van der Waals surface area contributed by atoms with Crippen LogP contribution in [0.15, 0.2) is 54.2 Å². The van der Waals surface area contributed by atoms with E-state index >= 15 is 0 Å². The van der Waals surface area contributed by atoms with Crippen molar-refractivity contribution in [3.8, 4) is 11.5 Å². The van der Waals surface area contributed by atoms with Crippen LogP contribution < -0.4 is 9.64 Å². The summed E-state index contributed by atoms with van der Waals surface area (Å²) in [6.45, 7) is 0.943. The number of phenolic OH excluding ortho intramolecular Hbond substituents is 1. The highest BCUT2D eigenvalue weighted by molar-refractivity contribution is 8.13. The number of aromatic amines is 3. The van der Waals surface area contributed by atoms with Crippen molar-refractivity contribution < 1.29 is 29.0 Å². The van der Waals surface area contributed by atoms with Gasteiger partial charge in [-0.1, -0.05) is 11.8 Å². The number of carbonyl (C=O) groups excluding carboxylic acids is 4. The fourth-order valence-corrected chi connectivity index (χ4v) is 8.19. The maximum atomic E-state index is 14.0. The zero-order chi connectivity index (χ0) is 31.6. The number of amides is 2. The second kappa shape index (κ2) is 9.16. The molecule has 2 aliphatic heterocycles. The Labute approximate surface area is 265 Å². The lowest BCUT2D eigenvalue weighted by Crippen LogP contribution is -2.33. The minimum Gasteiger partial charge on any atom is -0.504 e. The molecule has 2 aliphatic carbocycles. The molecule has 4 aliphatic rings. The van der Waals surface area contributed by atoms with Crippen molar-refractivity contribution in [1.82, 2.24) is 19.9 Å². The molecule has 5 aromatic rings. The summed E-state index contributed by atoms with van der Waals surface area (Å²) in [7, 11) is 1.46. The zero-order valence-corrected chi connectivity index (χ0v) is 25.6. The van der Waals surface area contributed by atoms with Crippen molar-refractivity contribution in [2.45, 2.75) is 18.3 Å². The van der Waals surface area contributed by atoms with Gasteiger partial charge in [0.1, 0.15) is 11.4 Å². The van der Waals surface area contributed by atoms with Crippen molar-refractivity contribution in [3.63, 3.8) is 0 Å². The second-order valence-corrected chi connectivity index (χ2v) is 13.1. The van der Waals surface area contributed by atoms with Gasteiger partial charge in [-0.05, 0) is 72.5 Å². The predicted octanol–water partition coefficient (Wildman–Crippen LogP) is 4.89. The molecule has 0 bridgehead atoms. The topological polar surface area (TPSA) is 152 Å². The fraction of sp³-hybridized carbons (Fsp3) is 0.235. The van der Waals surface area contributed by atoms with Crippen molar-refractivity contribution in [2.75, 3.05) is 31.4 Å². The van der Waals surface area contributed by atoms with Gasteiger partial charge in [-0.3, -0.25) is 19.2 Å². The SMILES string of the molecule is COc1cc2[nH]c(C(=O)N3C[C@@H]4C[C@]45C3=CC(=O)c3[nH]c(C(=O)N4CCc6c4ccc4[nH]c(C(=O)SC)cc64)cc35)cc2cc1O. The van der Waals surface area contributed by atoms with E-state index in [1.54, 1.807) is 40.3 Å². The Morgan fingerprint density at radius 2 is 1.76 bits per heavy atom. The van der Waals surface area contributed by atoms with Gasteiger partial charge in [0.25, 0.3) is 11.8 Å². The van der Waals surface area contributed by atoms with E-state index in [9.17, 15) is 24.3 Å². The van der Waals surface area contributed by atoms with E-state index < -0.39 is 5.41 Å². The summed E-state index contributed by atoms with van der Waals surface area (Å²) in [5.74, 6) is -0.348. The molecule has 2 amide bonds. The van der Waals surface area contributed by atoms with E-state index in [1.807, 2.05) is 18.2 Å². The molecule has 11 nitrogen and oxygen atoms in total. The third kappa shape index (κ3) is 3.50. The summed E-state index contributed by atoms with van der Waals surface area (Å²) < 4.78 is 5.20. The summed E-state index contributed by atoms with van der Waals surface area (Å²) in [6, 6.07) is 12.3. The number of phenols is 1. The summed E-state index contributed by atoms with van der Waals surface area (Å²) in [5, 5.41) is 11.7. The summed E-state index contributed by atoms with van der Waals surface area (Å²) >= 11 is 1.15. The molecule has 0 unspecified atom stereocenters. The fourth-order valence-electron chi connectivity index (χ4n) is 7.86. The molecule has 2 atom stereocenters.